The normalized spacial score (nSPS) is 42.3. The second kappa shape index (κ2) is 5.11. The lowest BCUT2D eigenvalue weighted by molar-refractivity contribution is 0.0275. The van der Waals surface area contributed by atoms with Crippen LogP contribution in [0.15, 0.2) is 30.4 Å². The summed E-state index contributed by atoms with van der Waals surface area (Å²) in [4.78, 5) is 0. The summed E-state index contributed by atoms with van der Waals surface area (Å²) in [5.74, 6) is 1.62. The first kappa shape index (κ1) is 15.3. The summed E-state index contributed by atoms with van der Waals surface area (Å²) in [6.45, 7) is 4.53. The van der Waals surface area contributed by atoms with Gasteiger partial charge in [-0.25, -0.2) is 0 Å². The van der Waals surface area contributed by atoms with Crippen LogP contribution in [0.3, 0.4) is 0 Å². The predicted molar refractivity (Wildman–Crippen MR) is 92.5 cm³/mol. The van der Waals surface area contributed by atoms with E-state index < -0.39 is 0 Å². The lowest BCUT2D eigenvalue weighted by Crippen LogP contribution is -2.49. The molecule has 1 aromatic carbocycles. The van der Waals surface area contributed by atoms with Gasteiger partial charge in [0.25, 0.3) is 0 Å². The summed E-state index contributed by atoms with van der Waals surface area (Å²) < 4.78 is 0. The molecule has 0 unspecified atom stereocenters. The van der Waals surface area contributed by atoms with Crippen molar-refractivity contribution in [3.63, 3.8) is 0 Å². The molecule has 2 heteroatoms. The van der Waals surface area contributed by atoms with Crippen molar-refractivity contribution in [3.05, 3.63) is 41.5 Å². The molecule has 0 bridgehead atoms. The number of hydrogen-bond acceptors (Lipinski definition) is 2. The third-order valence-electron chi connectivity index (χ3n) is 7.16. The fraction of sp³-hybridized carbons (Fsp3) is 0.619. The van der Waals surface area contributed by atoms with Gasteiger partial charge in [0, 0.05) is 5.41 Å². The minimum absolute atomic E-state index is 0.101. The number of fused-ring (bicyclic) bond motifs is 5. The quantitative estimate of drug-likeness (QED) is 0.757. The van der Waals surface area contributed by atoms with Gasteiger partial charge in [0.15, 0.2) is 0 Å². The number of aromatic hydroxyl groups is 1. The van der Waals surface area contributed by atoms with Crippen LogP contribution < -0.4 is 0 Å². The number of phenolic OH excluding ortho intramolecular Hbond substituents is 1. The van der Waals surface area contributed by atoms with Crippen molar-refractivity contribution in [1.82, 2.24) is 0 Å². The first-order valence-corrected chi connectivity index (χ1v) is 9.13. The van der Waals surface area contributed by atoms with Gasteiger partial charge in [0.2, 0.25) is 0 Å². The number of phenols is 1. The number of aryl methyl sites for hydroxylation is 1. The summed E-state index contributed by atoms with van der Waals surface area (Å²) in [7, 11) is 0. The molecule has 23 heavy (non-hydrogen) atoms. The Bertz CT molecular complexity index is 649. The van der Waals surface area contributed by atoms with Crippen LogP contribution in [-0.4, -0.2) is 16.3 Å². The number of hydrogen-bond donors (Lipinski definition) is 2. The lowest BCUT2D eigenvalue weighted by atomic mass is 9.48. The first-order valence-electron chi connectivity index (χ1n) is 9.13. The Balaban J connectivity index is 1.84. The molecule has 0 heterocycles. The second-order valence-corrected chi connectivity index (χ2v) is 8.38. The standard InChI is InChI=1S/C21H28O2/c1-3-8-21-10-9-20(2)13-16(23)12-19(20)18(21)6-4-14-11-15(22)5-7-17(14)21/h3,5,7-8,11,16,18-19,22-23H,4,6,9-10,12-13H2,1-2H3/t16-,18+,19+,20-,21-/m1/s1. The number of benzene rings is 1. The SMILES string of the molecule is CC=C[C@]12CC[C@]3(C)C[C@H](O)C[C@H]3[C@@H]1CCc1cc(O)ccc12. The Morgan fingerprint density at radius 3 is 2.83 bits per heavy atom. The Morgan fingerprint density at radius 2 is 2.04 bits per heavy atom. The molecule has 0 aromatic heterocycles. The second-order valence-electron chi connectivity index (χ2n) is 8.38. The number of aliphatic hydroxyl groups excluding tert-OH is 1. The van der Waals surface area contributed by atoms with Crippen molar-refractivity contribution in [3.8, 4) is 5.75 Å². The molecule has 3 aliphatic carbocycles. The molecule has 0 radical (unpaired) electrons. The number of allylic oxidation sites excluding steroid dienone is 2. The Labute approximate surface area is 139 Å². The first-order chi connectivity index (χ1) is 11.0. The molecular weight excluding hydrogens is 284 g/mol. The summed E-state index contributed by atoms with van der Waals surface area (Å²) >= 11 is 0. The molecule has 0 aliphatic heterocycles. The van der Waals surface area contributed by atoms with E-state index in [1.807, 2.05) is 12.1 Å². The fourth-order valence-corrected chi connectivity index (χ4v) is 6.26. The van der Waals surface area contributed by atoms with Crippen LogP contribution in [0.5, 0.6) is 5.75 Å². The van der Waals surface area contributed by atoms with E-state index in [0.717, 1.165) is 19.3 Å². The average molecular weight is 312 g/mol. The molecule has 2 nitrogen and oxygen atoms in total. The molecule has 0 spiro atoms. The molecule has 3 aliphatic rings. The molecule has 2 saturated carbocycles. The smallest absolute Gasteiger partial charge is 0.115 e. The van der Waals surface area contributed by atoms with Gasteiger partial charge in [-0.1, -0.05) is 25.1 Å². The van der Waals surface area contributed by atoms with E-state index in [9.17, 15) is 10.2 Å². The highest BCUT2D eigenvalue weighted by Gasteiger charge is 2.57. The highest BCUT2D eigenvalue weighted by atomic mass is 16.3. The average Bonchev–Trinajstić information content (AvgIpc) is 2.81. The van der Waals surface area contributed by atoms with Crippen LogP contribution in [0.2, 0.25) is 0 Å². The molecule has 5 atom stereocenters. The van der Waals surface area contributed by atoms with Gasteiger partial charge in [-0.15, -0.1) is 0 Å². The van der Waals surface area contributed by atoms with Crippen molar-refractivity contribution in [1.29, 1.82) is 0 Å². The number of aliphatic hydroxyl groups is 1. The highest BCUT2D eigenvalue weighted by molar-refractivity contribution is 5.46. The van der Waals surface area contributed by atoms with Crippen LogP contribution >= 0.6 is 0 Å². The Morgan fingerprint density at radius 1 is 1.22 bits per heavy atom. The van der Waals surface area contributed by atoms with Crippen LogP contribution in [0.25, 0.3) is 0 Å². The van der Waals surface area contributed by atoms with E-state index in [2.05, 4.69) is 32.1 Å². The van der Waals surface area contributed by atoms with Gasteiger partial charge in [0.05, 0.1) is 6.10 Å². The molecule has 2 N–H and O–H groups in total. The predicted octanol–water partition coefficient (Wildman–Crippen LogP) is 4.34. The van der Waals surface area contributed by atoms with Crippen LogP contribution in [-0.2, 0) is 11.8 Å². The van der Waals surface area contributed by atoms with Crippen molar-refractivity contribution in [2.75, 3.05) is 0 Å². The van der Waals surface area contributed by atoms with E-state index >= 15 is 0 Å². The zero-order valence-corrected chi connectivity index (χ0v) is 14.3. The largest absolute Gasteiger partial charge is 0.508 e. The van der Waals surface area contributed by atoms with Crippen molar-refractivity contribution in [2.24, 2.45) is 17.3 Å². The van der Waals surface area contributed by atoms with Gasteiger partial charge in [-0.05, 0) is 86.0 Å². The van der Waals surface area contributed by atoms with E-state index in [1.165, 1.54) is 30.4 Å². The topological polar surface area (TPSA) is 40.5 Å². The fourth-order valence-electron chi connectivity index (χ4n) is 6.26. The van der Waals surface area contributed by atoms with Crippen molar-refractivity contribution >= 4 is 0 Å². The minimum Gasteiger partial charge on any atom is -0.508 e. The zero-order chi connectivity index (χ0) is 16.2. The van der Waals surface area contributed by atoms with Gasteiger partial charge in [-0.3, -0.25) is 0 Å². The number of rotatable bonds is 1. The van der Waals surface area contributed by atoms with Crippen LogP contribution in [0.4, 0.5) is 0 Å². The lowest BCUT2D eigenvalue weighted by Gasteiger charge is -2.55. The molecule has 2 fully saturated rings. The van der Waals surface area contributed by atoms with E-state index in [1.54, 1.807) is 0 Å². The Kier molecular flexibility index (Phi) is 3.39. The third-order valence-corrected chi connectivity index (χ3v) is 7.16. The van der Waals surface area contributed by atoms with Gasteiger partial charge in [0.1, 0.15) is 5.75 Å². The van der Waals surface area contributed by atoms with E-state index in [-0.39, 0.29) is 11.5 Å². The molecule has 4 rings (SSSR count). The van der Waals surface area contributed by atoms with Crippen LogP contribution in [0.1, 0.15) is 57.1 Å². The third kappa shape index (κ3) is 2.11. The molecule has 124 valence electrons. The van der Waals surface area contributed by atoms with Crippen molar-refractivity contribution < 1.29 is 10.2 Å². The van der Waals surface area contributed by atoms with Crippen molar-refractivity contribution in [2.45, 2.75) is 63.9 Å². The summed E-state index contributed by atoms with van der Waals surface area (Å²) in [5, 5.41) is 20.2. The molecule has 0 saturated heterocycles. The molecule has 0 amide bonds. The maximum atomic E-state index is 10.3. The molecular formula is C21H28O2. The van der Waals surface area contributed by atoms with E-state index in [4.69, 9.17) is 0 Å². The van der Waals surface area contributed by atoms with Gasteiger partial charge in [-0.2, -0.15) is 0 Å². The van der Waals surface area contributed by atoms with E-state index in [0.29, 0.717) is 23.0 Å². The zero-order valence-electron chi connectivity index (χ0n) is 14.3. The summed E-state index contributed by atoms with van der Waals surface area (Å²) in [6.07, 6.45) is 11.0. The maximum Gasteiger partial charge on any atom is 0.115 e. The minimum atomic E-state index is -0.118. The summed E-state index contributed by atoms with van der Waals surface area (Å²) in [5.41, 5.74) is 3.16. The van der Waals surface area contributed by atoms with Gasteiger partial charge < -0.3 is 10.2 Å². The highest BCUT2D eigenvalue weighted by Crippen LogP contribution is 2.63. The monoisotopic (exact) mass is 312 g/mol. The molecule has 1 aromatic rings. The Hall–Kier alpha value is -1.28. The maximum absolute atomic E-state index is 10.3. The van der Waals surface area contributed by atoms with Crippen LogP contribution in [0, 0.1) is 17.3 Å². The summed E-state index contributed by atoms with van der Waals surface area (Å²) in [6, 6.07) is 5.97. The van der Waals surface area contributed by atoms with Gasteiger partial charge >= 0.3 is 0 Å².